The zero-order valence-corrected chi connectivity index (χ0v) is 24.7. The van der Waals surface area contributed by atoms with E-state index in [2.05, 4.69) is 13.8 Å². The Bertz CT molecular complexity index is 983. The summed E-state index contributed by atoms with van der Waals surface area (Å²) in [6, 6.07) is 0. The van der Waals surface area contributed by atoms with E-state index in [4.69, 9.17) is 0 Å². The van der Waals surface area contributed by atoms with Gasteiger partial charge in [0.2, 0.25) is 0 Å². The minimum Gasteiger partial charge on any atom is -0.286 e. The van der Waals surface area contributed by atoms with Gasteiger partial charge in [-0.1, -0.05) is 57.1 Å². The van der Waals surface area contributed by atoms with E-state index in [0.29, 0.717) is 30.6 Å². The quantitative estimate of drug-likeness (QED) is 0.159. The molecule has 0 aromatic heterocycles. The molecule has 0 heterocycles. The first kappa shape index (κ1) is 29.5. The molecule has 0 aliphatic heterocycles. The third-order valence-electron chi connectivity index (χ3n) is 10.8. The van der Waals surface area contributed by atoms with Gasteiger partial charge in [-0.15, -0.1) is 0 Å². The summed E-state index contributed by atoms with van der Waals surface area (Å²) in [4.78, 5) is 0. The summed E-state index contributed by atoms with van der Waals surface area (Å²) in [6.07, 6.45) is 17.1. The highest BCUT2D eigenvalue weighted by molar-refractivity contribution is 7.86. The Morgan fingerprint density at radius 3 is 1.86 bits per heavy atom. The Morgan fingerprint density at radius 2 is 1.30 bits per heavy atom. The van der Waals surface area contributed by atoms with Crippen LogP contribution in [0.25, 0.3) is 0 Å². The number of allylic oxidation sites excluding steroid dienone is 2. The molecule has 214 valence electrons. The van der Waals surface area contributed by atoms with Crippen LogP contribution >= 0.6 is 0 Å². The number of hydrogen-bond acceptors (Lipinski definition) is 4. The van der Waals surface area contributed by atoms with E-state index in [9.17, 15) is 25.9 Å². The first-order valence-corrected chi connectivity index (χ1v) is 18.2. The van der Waals surface area contributed by atoms with Crippen molar-refractivity contribution in [3.05, 3.63) is 11.1 Å². The number of rotatable bonds is 11. The first-order chi connectivity index (χ1) is 17.4. The molecule has 8 heteroatoms. The highest BCUT2D eigenvalue weighted by Gasteiger charge is 2.54. The van der Waals surface area contributed by atoms with E-state index >= 15 is 0 Å². The zero-order valence-electron chi connectivity index (χ0n) is 23.0. The van der Waals surface area contributed by atoms with Gasteiger partial charge in [-0.3, -0.25) is 9.11 Å². The molecule has 0 saturated heterocycles. The largest absolute Gasteiger partial charge is 0.286 e. The lowest BCUT2D eigenvalue weighted by Gasteiger charge is -2.45. The second-order valence-electron chi connectivity index (χ2n) is 13.3. The Hall–Kier alpha value is -0.440. The molecule has 4 rings (SSSR count). The van der Waals surface area contributed by atoms with E-state index < -0.39 is 20.2 Å². The average molecular weight is 559 g/mol. The SMILES string of the molecule is CC1CCC(C2CCC3=C(C2)C(CCCCS(=O)(=O)O)(CCCCS(=O)(=O)O)C2CC(C)CCC32)CC1. The van der Waals surface area contributed by atoms with Crippen molar-refractivity contribution in [1.29, 1.82) is 0 Å². The van der Waals surface area contributed by atoms with E-state index in [-0.39, 0.29) is 16.9 Å². The highest BCUT2D eigenvalue weighted by atomic mass is 32.2. The molecule has 6 nitrogen and oxygen atoms in total. The fraction of sp³-hybridized carbons (Fsp3) is 0.931. The maximum absolute atomic E-state index is 11.4. The molecule has 37 heavy (non-hydrogen) atoms. The molecule has 4 aliphatic rings. The van der Waals surface area contributed by atoms with Crippen LogP contribution in [0.4, 0.5) is 0 Å². The minimum atomic E-state index is -3.97. The van der Waals surface area contributed by atoms with Crippen molar-refractivity contribution >= 4 is 20.2 Å². The van der Waals surface area contributed by atoms with Gasteiger partial charge in [0.25, 0.3) is 20.2 Å². The lowest BCUT2D eigenvalue weighted by atomic mass is 9.59. The molecule has 4 unspecified atom stereocenters. The predicted octanol–water partition coefficient (Wildman–Crippen LogP) is 7.08. The van der Waals surface area contributed by atoms with Crippen LogP contribution in [0.1, 0.15) is 117 Å². The molecule has 2 fully saturated rings. The molecule has 0 spiro atoms. The monoisotopic (exact) mass is 558 g/mol. The van der Waals surface area contributed by atoms with Gasteiger partial charge in [0.05, 0.1) is 11.5 Å². The van der Waals surface area contributed by atoms with Crippen LogP contribution in [0.2, 0.25) is 0 Å². The fourth-order valence-corrected chi connectivity index (χ4v) is 10.1. The fourth-order valence-electron chi connectivity index (χ4n) is 8.96. The first-order valence-electron chi connectivity index (χ1n) is 15.0. The van der Waals surface area contributed by atoms with Crippen molar-refractivity contribution in [2.24, 2.45) is 40.9 Å². The molecule has 0 radical (unpaired) electrons. The molecule has 4 aliphatic carbocycles. The van der Waals surface area contributed by atoms with Crippen molar-refractivity contribution in [1.82, 2.24) is 0 Å². The third-order valence-corrected chi connectivity index (χ3v) is 12.4. The van der Waals surface area contributed by atoms with Crippen LogP contribution in [0, 0.1) is 40.9 Å². The van der Waals surface area contributed by atoms with Crippen molar-refractivity contribution in [3.8, 4) is 0 Å². The van der Waals surface area contributed by atoms with E-state index in [1.54, 1.807) is 11.1 Å². The molecule has 4 atom stereocenters. The van der Waals surface area contributed by atoms with Crippen LogP contribution in [0.5, 0.6) is 0 Å². The van der Waals surface area contributed by atoms with Gasteiger partial charge in [-0.25, -0.2) is 0 Å². The number of hydrogen-bond donors (Lipinski definition) is 2. The molecule has 2 N–H and O–H groups in total. The van der Waals surface area contributed by atoms with Crippen molar-refractivity contribution < 1.29 is 25.9 Å². The van der Waals surface area contributed by atoms with Gasteiger partial charge in [-0.05, 0) is 112 Å². The van der Waals surface area contributed by atoms with E-state index in [1.165, 1.54) is 64.2 Å². The standard InChI is InChI=1S/C29H50O6S2/c1-21-7-10-23(11-8-21)24-12-14-26-25-13-9-22(2)19-27(25)29(28(26)20-24,15-3-5-17-36(30,31)32)16-4-6-18-37(33,34)35/h21-25,27H,3-20H2,1-2H3,(H,30,31,32)(H,33,34,35). The second-order valence-corrected chi connectivity index (χ2v) is 16.4. The van der Waals surface area contributed by atoms with Crippen LogP contribution < -0.4 is 0 Å². The lowest BCUT2D eigenvalue weighted by Crippen LogP contribution is -2.36. The summed E-state index contributed by atoms with van der Waals surface area (Å²) in [5, 5.41) is 0. The molecule has 0 aromatic carbocycles. The topological polar surface area (TPSA) is 109 Å². The summed E-state index contributed by atoms with van der Waals surface area (Å²) in [5.74, 6) is 3.87. The summed E-state index contributed by atoms with van der Waals surface area (Å²) >= 11 is 0. The van der Waals surface area contributed by atoms with E-state index in [0.717, 1.165) is 43.4 Å². The summed E-state index contributed by atoms with van der Waals surface area (Å²) in [5.41, 5.74) is 3.39. The Morgan fingerprint density at radius 1 is 0.730 bits per heavy atom. The maximum atomic E-state index is 11.4. The van der Waals surface area contributed by atoms with Crippen molar-refractivity contribution in [2.45, 2.75) is 117 Å². The molecule has 0 amide bonds. The normalized spacial score (nSPS) is 34.3. The van der Waals surface area contributed by atoms with Crippen LogP contribution in [0.3, 0.4) is 0 Å². The lowest BCUT2D eigenvalue weighted by molar-refractivity contribution is 0.0870. The van der Waals surface area contributed by atoms with Gasteiger partial charge in [-0.2, -0.15) is 16.8 Å². The van der Waals surface area contributed by atoms with Crippen molar-refractivity contribution in [3.63, 3.8) is 0 Å². The summed E-state index contributed by atoms with van der Waals surface area (Å²) in [7, 11) is -7.93. The molecular weight excluding hydrogens is 508 g/mol. The average Bonchev–Trinajstić information content (AvgIpc) is 3.07. The molecule has 2 saturated carbocycles. The Labute approximate surface area is 226 Å². The van der Waals surface area contributed by atoms with Crippen LogP contribution in [-0.4, -0.2) is 37.4 Å². The zero-order chi connectivity index (χ0) is 26.8. The number of fused-ring (bicyclic) bond motifs is 2. The van der Waals surface area contributed by atoms with Gasteiger partial charge in [0.15, 0.2) is 0 Å². The molecule has 0 aromatic rings. The minimum absolute atomic E-state index is 0.00768. The van der Waals surface area contributed by atoms with Gasteiger partial charge in [0, 0.05) is 0 Å². The smallest absolute Gasteiger partial charge is 0.264 e. The molecular formula is C29H50O6S2. The van der Waals surface area contributed by atoms with Crippen LogP contribution in [-0.2, 0) is 20.2 Å². The predicted molar refractivity (Wildman–Crippen MR) is 148 cm³/mol. The Kier molecular flexibility index (Phi) is 9.56. The summed E-state index contributed by atoms with van der Waals surface area (Å²) < 4.78 is 64.3. The third kappa shape index (κ3) is 7.40. The van der Waals surface area contributed by atoms with Crippen molar-refractivity contribution in [2.75, 3.05) is 11.5 Å². The van der Waals surface area contributed by atoms with E-state index in [1.807, 2.05) is 0 Å². The number of unbranched alkanes of at least 4 members (excludes halogenated alkanes) is 2. The summed E-state index contributed by atoms with van der Waals surface area (Å²) in [6.45, 7) is 4.74. The molecule has 0 bridgehead atoms. The van der Waals surface area contributed by atoms with Gasteiger partial charge in [0.1, 0.15) is 0 Å². The Balaban J connectivity index is 1.60. The highest BCUT2D eigenvalue weighted by Crippen LogP contribution is 2.65. The van der Waals surface area contributed by atoms with Gasteiger partial charge >= 0.3 is 0 Å². The van der Waals surface area contributed by atoms with Crippen LogP contribution in [0.15, 0.2) is 11.1 Å². The van der Waals surface area contributed by atoms with Gasteiger partial charge < -0.3 is 0 Å². The maximum Gasteiger partial charge on any atom is 0.264 e. The second kappa shape index (κ2) is 12.0.